The average molecular weight is 459 g/mol. The molecule has 0 fully saturated rings. The van der Waals surface area contributed by atoms with Crippen LogP contribution in [0.4, 0.5) is 0 Å². The highest BCUT2D eigenvalue weighted by Crippen LogP contribution is 2.31. The first kappa shape index (κ1) is 20.8. The van der Waals surface area contributed by atoms with E-state index in [2.05, 4.69) is 32.1 Å². The third-order valence-corrected chi connectivity index (χ3v) is 5.25. The summed E-state index contributed by atoms with van der Waals surface area (Å²) in [6, 6.07) is 11.4. The fraction of sp³-hybridized carbons (Fsp3) is 0.300. The molecule has 150 valence electrons. The van der Waals surface area contributed by atoms with E-state index in [1.807, 2.05) is 30.3 Å². The molecule has 1 amide bonds. The van der Waals surface area contributed by atoms with E-state index in [1.54, 1.807) is 14.0 Å². The Labute approximate surface area is 176 Å². The number of ether oxygens (including phenoxy) is 3. The maximum absolute atomic E-state index is 12.0. The largest absolute Gasteiger partial charge is 0.467 e. The third-order valence-electron chi connectivity index (χ3n) is 4.20. The molecule has 9 heteroatoms. The molecule has 1 aromatic heterocycles. The minimum Gasteiger partial charge on any atom is -0.467 e. The van der Waals surface area contributed by atoms with Gasteiger partial charge in [-0.2, -0.15) is 10.3 Å². The SMILES string of the molecule is COCc1c(Br)c(C)nc(OCC2=NN(C(C)=O)C(c3ccccc3)O2)c1C#N. The molecule has 0 N–H and O–H groups in total. The number of hydrogen-bond acceptors (Lipinski definition) is 7. The predicted molar refractivity (Wildman–Crippen MR) is 108 cm³/mol. The normalized spacial score (nSPS) is 15.5. The fourth-order valence-electron chi connectivity index (χ4n) is 2.84. The van der Waals surface area contributed by atoms with E-state index < -0.39 is 6.23 Å². The van der Waals surface area contributed by atoms with E-state index in [4.69, 9.17) is 14.2 Å². The third kappa shape index (κ3) is 4.39. The highest BCUT2D eigenvalue weighted by atomic mass is 79.9. The van der Waals surface area contributed by atoms with Gasteiger partial charge in [-0.15, -0.1) is 5.10 Å². The lowest BCUT2D eigenvalue weighted by atomic mass is 10.1. The molecule has 3 rings (SSSR count). The average Bonchev–Trinajstić information content (AvgIpc) is 3.15. The Morgan fingerprint density at radius 3 is 2.69 bits per heavy atom. The smallest absolute Gasteiger partial charge is 0.247 e. The Morgan fingerprint density at radius 1 is 1.34 bits per heavy atom. The van der Waals surface area contributed by atoms with E-state index in [9.17, 15) is 10.1 Å². The van der Waals surface area contributed by atoms with Gasteiger partial charge < -0.3 is 14.2 Å². The Hall–Kier alpha value is -2.96. The summed E-state index contributed by atoms with van der Waals surface area (Å²) in [5, 5.41) is 15.1. The number of nitrogens with zero attached hydrogens (tertiary/aromatic N) is 4. The molecule has 1 aromatic carbocycles. The lowest BCUT2D eigenvalue weighted by Gasteiger charge is -2.19. The summed E-state index contributed by atoms with van der Waals surface area (Å²) < 4.78 is 17.5. The molecule has 0 saturated heterocycles. The van der Waals surface area contributed by atoms with Crippen molar-refractivity contribution in [1.29, 1.82) is 5.26 Å². The van der Waals surface area contributed by atoms with Crippen LogP contribution in [0, 0.1) is 18.3 Å². The van der Waals surface area contributed by atoms with Crippen molar-refractivity contribution in [1.82, 2.24) is 9.99 Å². The number of benzene rings is 1. The summed E-state index contributed by atoms with van der Waals surface area (Å²) in [5.74, 6) is 0.115. The highest BCUT2D eigenvalue weighted by molar-refractivity contribution is 9.10. The number of aromatic nitrogens is 1. The van der Waals surface area contributed by atoms with Crippen LogP contribution in [0.15, 0.2) is 39.9 Å². The summed E-state index contributed by atoms with van der Waals surface area (Å²) in [4.78, 5) is 16.3. The number of pyridine rings is 1. The molecule has 0 saturated carbocycles. The number of hydrogen-bond donors (Lipinski definition) is 0. The molecule has 2 aromatic rings. The van der Waals surface area contributed by atoms with Crippen LogP contribution in [0.1, 0.15) is 35.5 Å². The zero-order chi connectivity index (χ0) is 21.0. The van der Waals surface area contributed by atoms with Crippen LogP contribution in [-0.2, 0) is 20.9 Å². The molecular weight excluding hydrogens is 440 g/mol. The van der Waals surface area contributed by atoms with Gasteiger partial charge in [-0.1, -0.05) is 30.3 Å². The Morgan fingerprint density at radius 2 is 2.07 bits per heavy atom. The fourth-order valence-corrected chi connectivity index (χ4v) is 3.25. The van der Waals surface area contributed by atoms with Gasteiger partial charge in [-0.25, -0.2) is 4.98 Å². The standard InChI is InChI=1S/C20H19BrN4O4/c1-12-18(21)16(10-27-3)15(9-22)19(23-12)28-11-17-24-25(13(2)26)20(29-17)14-7-5-4-6-8-14/h4-8,20H,10-11H2,1-3H3. The number of methoxy groups -OCH3 is 1. The van der Waals surface area contributed by atoms with Gasteiger partial charge in [0.2, 0.25) is 23.9 Å². The van der Waals surface area contributed by atoms with Gasteiger partial charge in [0.25, 0.3) is 0 Å². The molecule has 2 heterocycles. The second-order valence-electron chi connectivity index (χ2n) is 6.24. The minimum atomic E-state index is -0.661. The van der Waals surface area contributed by atoms with E-state index in [1.165, 1.54) is 11.9 Å². The molecule has 0 radical (unpaired) electrons. The first-order valence-corrected chi connectivity index (χ1v) is 9.55. The minimum absolute atomic E-state index is 0.0811. The topological polar surface area (TPSA) is 97.0 Å². The van der Waals surface area contributed by atoms with Crippen LogP contribution in [-0.4, -0.2) is 35.5 Å². The maximum atomic E-state index is 12.0. The molecule has 0 spiro atoms. The number of amides is 1. The number of carbonyl (C=O) groups excluding carboxylic acids is 1. The van der Waals surface area contributed by atoms with E-state index in [-0.39, 0.29) is 36.5 Å². The van der Waals surface area contributed by atoms with Crippen molar-refractivity contribution < 1.29 is 19.0 Å². The number of carbonyl (C=O) groups is 1. The van der Waals surface area contributed by atoms with Gasteiger partial charge in [0.1, 0.15) is 11.6 Å². The Bertz CT molecular complexity index is 988. The van der Waals surface area contributed by atoms with Crippen LogP contribution >= 0.6 is 15.9 Å². The monoisotopic (exact) mass is 458 g/mol. The summed E-state index contributed by atoms with van der Waals surface area (Å²) in [7, 11) is 1.55. The zero-order valence-electron chi connectivity index (χ0n) is 16.2. The van der Waals surface area contributed by atoms with Gasteiger partial charge in [0, 0.05) is 29.6 Å². The molecule has 1 atom stereocenters. The van der Waals surface area contributed by atoms with Crippen LogP contribution in [0.5, 0.6) is 5.88 Å². The van der Waals surface area contributed by atoms with E-state index in [0.29, 0.717) is 15.7 Å². The molecular formula is C20H19BrN4O4. The van der Waals surface area contributed by atoms with Crippen molar-refractivity contribution in [2.24, 2.45) is 5.10 Å². The summed E-state index contributed by atoms with van der Waals surface area (Å²) in [6.07, 6.45) is -0.661. The molecule has 8 nitrogen and oxygen atoms in total. The van der Waals surface area contributed by atoms with Crippen molar-refractivity contribution in [2.75, 3.05) is 13.7 Å². The second kappa shape index (κ2) is 9.03. The van der Waals surface area contributed by atoms with Crippen LogP contribution in [0.3, 0.4) is 0 Å². The predicted octanol–water partition coefficient (Wildman–Crippen LogP) is 3.44. The van der Waals surface area contributed by atoms with Crippen LogP contribution < -0.4 is 4.74 Å². The summed E-state index contributed by atoms with van der Waals surface area (Å²) >= 11 is 3.44. The second-order valence-corrected chi connectivity index (χ2v) is 7.03. The number of rotatable bonds is 6. The summed E-state index contributed by atoms with van der Waals surface area (Å²) in [6.45, 7) is 3.36. The van der Waals surface area contributed by atoms with E-state index >= 15 is 0 Å². The first-order valence-electron chi connectivity index (χ1n) is 8.76. The molecule has 1 aliphatic heterocycles. The number of hydrazone groups is 1. The van der Waals surface area contributed by atoms with E-state index in [0.717, 1.165) is 5.56 Å². The van der Waals surface area contributed by atoms with Crippen molar-refractivity contribution in [3.8, 4) is 11.9 Å². The number of nitriles is 1. The number of aryl methyl sites for hydroxylation is 1. The molecule has 1 aliphatic rings. The van der Waals surface area contributed by atoms with Crippen molar-refractivity contribution in [3.63, 3.8) is 0 Å². The van der Waals surface area contributed by atoms with Crippen molar-refractivity contribution in [2.45, 2.75) is 26.7 Å². The lowest BCUT2D eigenvalue weighted by Crippen LogP contribution is -2.25. The van der Waals surface area contributed by atoms with Gasteiger partial charge in [0.15, 0.2) is 6.61 Å². The Balaban J connectivity index is 1.82. The van der Waals surface area contributed by atoms with Crippen molar-refractivity contribution in [3.05, 3.63) is 57.2 Å². The zero-order valence-corrected chi connectivity index (χ0v) is 17.8. The number of halogens is 1. The van der Waals surface area contributed by atoms with Gasteiger partial charge in [0.05, 0.1) is 12.3 Å². The highest BCUT2D eigenvalue weighted by Gasteiger charge is 2.32. The molecule has 29 heavy (non-hydrogen) atoms. The molecule has 0 bridgehead atoms. The van der Waals surface area contributed by atoms with Crippen molar-refractivity contribution >= 4 is 27.7 Å². The first-order chi connectivity index (χ1) is 14.0. The molecule has 0 aliphatic carbocycles. The molecule has 1 unspecified atom stereocenters. The maximum Gasteiger partial charge on any atom is 0.247 e. The Kier molecular flexibility index (Phi) is 6.46. The van der Waals surface area contributed by atoms with Gasteiger partial charge >= 0.3 is 0 Å². The quantitative estimate of drug-likeness (QED) is 0.657. The van der Waals surface area contributed by atoms with Crippen LogP contribution in [0.25, 0.3) is 0 Å². The van der Waals surface area contributed by atoms with Gasteiger partial charge in [-0.05, 0) is 22.9 Å². The van der Waals surface area contributed by atoms with Crippen LogP contribution in [0.2, 0.25) is 0 Å². The summed E-state index contributed by atoms with van der Waals surface area (Å²) in [5.41, 5.74) is 2.37. The lowest BCUT2D eigenvalue weighted by molar-refractivity contribution is -0.135. The van der Waals surface area contributed by atoms with Gasteiger partial charge in [-0.3, -0.25) is 4.79 Å².